The molecule has 0 aliphatic rings. The number of thiophene rings is 1. The van der Waals surface area contributed by atoms with Crippen molar-refractivity contribution in [3.8, 4) is 0 Å². The second-order valence-electron chi connectivity index (χ2n) is 4.40. The maximum atomic E-state index is 11.9. The van der Waals surface area contributed by atoms with Crippen molar-refractivity contribution in [3.63, 3.8) is 0 Å². The number of nitrogens with one attached hydrogen (secondary N) is 1. The lowest BCUT2D eigenvalue weighted by molar-refractivity contribution is 0.102. The van der Waals surface area contributed by atoms with Gasteiger partial charge in [0.15, 0.2) is 10.1 Å². The maximum Gasteiger partial charge on any atom is 0.206 e. The molecule has 4 nitrogen and oxygen atoms in total. The fraction of sp³-hybridized carbons (Fsp3) is 0.133. The molecule has 0 atom stereocenters. The number of Topliss-reactive ketones (excluding diaryl/α,β-unsaturated/α-hetero) is 1. The second-order valence-corrected chi connectivity index (χ2v) is 7.55. The van der Waals surface area contributed by atoms with Gasteiger partial charge in [-0.05, 0) is 17.0 Å². The standard InChI is InChI=1S/C15H13N3OS3/c19-12(13-7-4-8-20-13)10-21-15-18-17-14(22-15)16-9-11-5-2-1-3-6-11/h1-8H,9-10H2,(H,16,17). The largest absolute Gasteiger partial charge is 0.356 e. The molecule has 1 aromatic carbocycles. The summed E-state index contributed by atoms with van der Waals surface area (Å²) in [6.07, 6.45) is 0. The van der Waals surface area contributed by atoms with Gasteiger partial charge in [-0.2, -0.15) is 0 Å². The van der Waals surface area contributed by atoms with Crippen molar-refractivity contribution in [1.29, 1.82) is 0 Å². The molecule has 0 radical (unpaired) electrons. The number of anilines is 1. The highest BCUT2D eigenvalue weighted by atomic mass is 32.2. The zero-order chi connectivity index (χ0) is 15.2. The highest BCUT2D eigenvalue weighted by molar-refractivity contribution is 8.01. The third kappa shape index (κ3) is 4.16. The molecule has 0 amide bonds. The molecule has 0 fully saturated rings. The van der Waals surface area contributed by atoms with E-state index in [9.17, 15) is 4.79 Å². The summed E-state index contributed by atoms with van der Waals surface area (Å²) >= 11 is 4.37. The van der Waals surface area contributed by atoms with Crippen LogP contribution in [-0.2, 0) is 6.54 Å². The van der Waals surface area contributed by atoms with Crippen LogP contribution in [0.3, 0.4) is 0 Å². The Kier molecular flexibility index (Phi) is 5.20. The van der Waals surface area contributed by atoms with E-state index in [0.717, 1.165) is 14.3 Å². The molecule has 2 heterocycles. The molecule has 0 spiro atoms. The van der Waals surface area contributed by atoms with E-state index in [1.807, 2.05) is 35.7 Å². The van der Waals surface area contributed by atoms with Crippen molar-refractivity contribution in [2.75, 3.05) is 11.1 Å². The highest BCUT2D eigenvalue weighted by Gasteiger charge is 2.10. The van der Waals surface area contributed by atoms with Gasteiger partial charge in [-0.1, -0.05) is 59.5 Å². The van der Waals surface area contributed by atoms with Gasteiger partial charge in [0.1, 0.15) is 0 Å². The third-order valence-electron chi connectivity index (χ3n) is 2.82. The normalized spacial score (nSPS) is 10.5. The minimum absolute atomic E-state index is 0.133. The molecular formula is C15H13N3OS3. The van der Waals surface area contributed by atoms with Crippen LogP contribution in [0, 0.1) is 0 Å². The van der Waals surface area contributed by atoms with Gasteiger partial charge in [-0.3, -0.25) is 4.79 Å². The predicted molar refractivity (Wildman–Crippen MR) is 93.1 cm³/mol. The highest BCUT2D eigenvalue weighted by Crippen LogP contribution is 2.26. The minimum Gasteiger partial charge on any atom is -0.356 e. The molecule has 22 heavy (non-hydrogen) atoms. The molecule has 0 bridgehead atoms. The van der Waals surface area contributed by atoms with Crippen molar-refractivity contribution in [2.45, 2.75) is 10.9 Å². The monoisotopic (exact) mass is 347 g/mol. The summed E-state index contributed by atoms with van der Waals surface area (Å²) in [5.74, 6) is 0.530. The molecule has 112 valence electrons. The van der Waals surface area contributed by atoms with E-state index < -0.39 is 0 Å². The predicted octanol–water partition coefficient (Wildman–Crippen LogP) is 4.19. The van der Waals surface area contributed by atoms with Crippen LogP contribution in [0.5, 0.6) is 0 Å². The Morgan fingerprint density at radius 3 is 2.77 bits per heavy atom. The van der Waals surface area contributed by atoms with Crippen LogP contribution in [-0.4, -0.2) is 21.7 Å². The van der Waals surface area contributed by atoms with Crippen molar-refractivity contribution in [1.82, 2.24) is 10.2 Å². The Hall–Kier alpha value is -1.70. The Labute approximate surface area is 140 Å². The molecule has 0 unspecified atom stereocenters. The summed E-state index contributed by atoms with van der Waals surface area (Å²) in [5, 5.41) is 14.1. The number of nitrogens with zero attached hydrogens (tertiary/aromatic N) is 2. The van der Waals surface area contributed by atoms with Crippen LogP contribution < -0.4 is 5.32 Å². The van der Waals surface area contributed by atoms with E-state index in [-0.39, 0.29) is 5.78 Å². The van der Waals surface area contributed by atoms with Crippen molar-refractivity contribution >= 4 is 45.4 Å². The van der Waals surface area contributed by atoms with Gasteiger partial charge in [0, 0.05) is 6.54 Å². The number of hydrogen-bond acceptors (Lipinski definition) is 7. The molecule has 1 N–H and O–H groups in total. The molecule has 7 heteroatoms. The number of carbonyl (C=O) groups excluding carboxylic acids is 1. The quantitative estimate of drug-likeness (QED) is 0.513. The number of benzene rings is 1. The van der Waals surface area contributed by atoms with Gasteiger partial charge in [-0.15, -0.1) is 21.5 Å². The fourth-order valence-electron chi connectivity index (χ4n) is 1.75. The second kappa shape index (κ2) is 7.53. The van der Waals surface area contributed by atoms with Crippen molar-refractivity contribution < 1.29 is 4.79 Å². The van der Waals surface area contributed by atoms with E-state index in [0.29, 0.717) is 12.3 Å². The summed E-state index contributed by atoms with van der Waals surface area (Å²) in [7, 11) is 0. The average Bonchev–Trinajstić information content (AvgIpc) is 3.23. The SMILES string of the molecule is O=C(CSc1nnc(NCc2ccccc2)s1)c1cccs1. The van der Waals surface area contributed by atoms with Crippen LogP contribution in [0.1, 0.15) is 15.2 Å². The lowest BCUT2D eigenvalue weighted by Gasteiger charge is -2.00. The first-order valence-corrected chi connectivity index (χ1v) is 9.30. The first kappa shape index (κ1) is 15.2. The summed E-state index contributed by atoms with van der Waals surface area (Å²) in [4.78, 5) is 12.7. The first-order valence-electron chi connectivity index (χ1n) is 6.62. The average molecular weight is 347 g/mol. The topological polar surface area (TPSA) is 54.9 Å². The number of carbonyl (C=O) groups is 1. The number of thioether (sulfide) groups is 1. The van der Waals surface area contributed by atoms with Gasteiger partial charge in [0.05, 0.1) is 10.6 Å². The molecule has 0 aliphatic heterocycles. The Morgan fingerprint density at radius 2 is 2.00 bits per heavy atom. The molecule has 0 saturated heterocycles. The number of aromatic nitrogens is 2. The Bertz CT molecular complexity index is 726. The zero-order valence-corrected chi connectivity index (χ0v) is 14.0. The maximum absolute atomic E-state index is 11.9. The van der Waals surface area contributed by atoms with Crippen LogP contribution in [0.25, 0.3) is 0 Å². The van der Waals surface area contributed by atoms with Gasteiger partial charge in [0.25, 0.3) is 0 Å². The lowest BCUT2D eigenvalue weighted by atomic mass is 10.2. The number of ketones is 1. The van der Waals surface area contributed by atoms with Crippen molar-refractivity contribution in [2.24, 2.45) is 0 Å². The minimum atomic E-state index is 0.133. The first-order chi connectivity index (χ1) is 10.8. The van der Waals surface area contributed by atoms with E-state index in [1.54, 1.807) is 0 Å². The third-order valence-corrected chi connectivity index (χ3v) is 5.74. The lowest BCUT2D eigenvalue weighted by Crippen LogP contribution is -1.98. The fourth-order valence-corrected chi connectivity index (χ4v) is 4.14. The van der Waals surface area contributed by atoms with E-state index >= 15 is 0 Å². The number of rotatable bonds is 7. The van der Waals surface area contributed by atoms with E-state index in [2.05, 4.69) is 27.6 Å². The van der Waals surface area contributed by atoms with Crippen LogP contribution in [0.2, 0.25) is 0 Å². The summed E-state index contributed by atoms with van der Waals surface area (Å²) in [5.41, 5.74) is 1.19. The van der Waals surface area contributed by atoms with Gasteiger partial charge in [-0.25, -0.2) is 0 Å². The molecule has 0 saturated carbocycles. The van der Waals surface area contributed by atoms with Gasteiger partial charge in [0.2, 0.25) is 5.13 Å². The van der Waals surface area contributed by atoms with Gasteiger partial charge < -0.3 is 5.32 Å². The van der Waals surface area contributed by atoms with Crippen LogP contribution in [0.15, 0.2) is 52.2 Å². The molecular weight excluding hydrogens is 334 g/mol. The molecule has 3 rings (SSSR count). The Balaban J connectivity index is 1.50. The molecule has 3 aromatic rings. The van der Waals surface area contributed by atoms with Gasteiger partial charge >= 0.3 is 0 Å². The summed E-state index contributed by atoms with van der Waals surface area (Å²) in [6.45, 7) is 0.717. The molecule has 2 aromatic heterocycles. The smallest absolute Gasteiger partial charge is 0.206 e. The number of hydrogen-bond donors (Lipinski definition) is 1. The van der Waals surface area contributed by atoms with E-state index in [4.69, 9.17) is 0 Å². The summed E-state index contributed by atoms with van der Waals surface area (Å²) < 4.78 is 0.806. The van der Waals surface area contributed by atoms with Crippen LogP contribution >= 0.6 is 34.4 Å². The summed E-state index contributed by atoms with van der Waals surface area (Å²) in [6, 6.07) is 13.9. The van der Waals surface area contributed by atoms with Crippen molar-refractivity contribution in [3.05, 3.63) is 58.3 Å². The zero-order valence-electron chi connectivity index (χ0n) is 11.6. The Morgan fingerprint density at radius 1 is 1.14 bits per heavy atom. The molecule has 0 aliphatic carbocycles. The van der Waals surface area contributed by atoms with Crippen LogP contribution in [0.4, 0.5) is 5.13 Å². The van der Waals surface area contributed by atoms with E-state index in [1.165, 1.54) is 40.0 Å².